The SMILES string of the molecule is CCN(C)/C=N\c1cc(F)cc(Cc2ccc(Cl)c(F)c2)c1C. The maximum atomic E-state index is 13.9. The van der Waals surface area contributed by atoms with Gasteiger partial charge in [0.1, 0.15) is 11.6 Å². The molecule has 2 nitrogen and oxygen atoms in total. The monoisotopic (exact) mass is 336 g/mol. The number of halogens is 3. The van der Waals surface area contributed by atoms with Crippen LogP contribution in [0.25, 0.3) is 0 Å². The van der Waals surface area contributed by atoms with Crippen molar-refractivity contribution in [3.63, 3.8) is 0 Å². The number of aliphatic imine (C=N–C) groups is 1. The first-order valence-electron chi connectivity index (χ1n) is 7.38. The van der Waals surface area contributed by atoms with Gasteiger partial charge in [0.15, 0.2) is 0 Å². The molecule has 2 aromatic rings. The van der Waals surface area contributed by atoms with E-state index in [2.05, 4.69) is 4.99 Å². The van der Waals surface area contributed by atoms with Crippen molar-refractivity contribution < 1.29 is 8.78 Å². The molecule has 5 heteroatoms. The van der Waals surface area contributed by atoms with Crippen molar-refractivity contribution in [2.75, 3.05) is 13.6 Å². The van der Waals surface area contributed by atoms with Crippen molar-refractivity contribution in [1.82, 2.24) is 4.90 Å². The van der Waals surface area contributed by atoms with Gasteiger partial charge in [0.05, 0.1) is 17.0 Å². The second-order valence-corrected chi connectivity index (χ2v) is 5.86. The van der Waals surface area contributed by atoms with Crippen LogP contribution in [0, 0.1) is 18.6 Å². The van der Waals surface area contributed by atoms with Crippen LogP contribution in [0.4, 0.5) is 14.5 Å². The predicted octanol–water partition coefficient (Wildman–Crippen LogP) is 5.13. The highest BCUT2D eigenvalue weighted by molar-refractivity contribution is 6.30. The van der Waals surface area contributed by atoms with Gasteiger partial charge in [-0.15, -0.1) is 0 Å². The summed E-state index contributed by atoms with van der Waals surface area (Å²) in [4.78, 5) is 6.24. The fourth-order valence-corrected chi connectivity index (χ4v) is 2.27. The predicted molar refractivity (Wildman–Crippen MR) is 91.8 cm³/mol. The molecule has 2 aromatic carbocycles. The average molecular weight is 337 g/mol. The largest absolute Gasteiger partial charge is 0.366 e. The minimum absolute atomic E-state index is 0.0811. The van der Waals surface area contributed by atoms with Crippen molar-refractivity contribution in [3.8, 4) is 0 Å². The summed E-state index contributed by atoms with van der Waals surface area (Å²) in [5, 5.41) is 0.0811. The lowest BCUT2D eigenvalue weighted by molar-refractivity contribution is 0.552. The maximum Gasteiger partial charge on any atom is 0.142 e. The third-order valence-electron chi connectivity index (χ3n) is 3.72. The van der Waals surface area contributed by atoms with Crippen LogP contribution in [0.3, 0.4) is 0 Å². The quantitative estimate of drug-likeness (QED) is 0.546. The first-order valence-corrected chi connectivity index (χ1v) is 7.76. The Labute approximate surface area is 140 Å². The van der Waals surface area contributed by atoms with Crippen molar-refractivity contribution in [1.29, 1.82) is 0 Å². The summed E-state index contributed by atoms with van der Waals surface area (Å²) in [6.07, 6.45) is 2.09. The Morgan fingerprint density at radius 2 is 1.96 bits per heavy atom. The average Bonchev–Trinajstić information content (AvgIpc) is 2.52. The molecule has 0 unspecified atom stereocenters. The molecule has 0 aliphatic carbocycles. The van der Waals surface area contributed by atoms with Gasteiger partial charge in [-0.25, -0.2) is 13.8 Å². The van der Waals surface area contributed by atoms with E-state index in [1.54, 1.807) is 12.4 Å². The zero-order valence-corrected chi connectivity index (χ0v) is 14.2. The summed E-state index contributed by atoms with van der Waals surface area (Å²) in [5.74, 6) is -0.827. The van der Waals surface area contributed by atoms with E-state index in [9.17, 15) is 8.78 Å². The molecule has 0 aromatic heterocycles. The van der Waals surface area contributed by atoms with Gasteiger partial charge in [-0.1, -0.05) is 17.7 Å². The van der Waals surface area contributed by atoms with Crippen LogP contribution in [-0.4, -0.2) is 24.8 Å². The van der Waals surface area contributed by atoms with E-state index in [-0.39, 0.29) is 10.8 Å². The first kappa shape index (κ1) is 17.4. The van der Waals surface area contributed by atoms with Crippen LogP contribution in [0.2, 0.25) is 5.02 Å². The van der Waals surface area contributed by atoms with Crippen LogP contribution in [0.15, 0.2) is 35.3 Å². The highest BCUT2D eigenvalue weighted by Crippen LogP contribution is 2.26. The van der Waals surface area contributed by atoms with Gasteiger partial charge < -0.3 is 4.90 Å². The molecular weight excluding hydrogens is 318 g/mol. The number of hydrogen-bond donors (Lipinski definition) is 0. The minimum atomic E-state index is -0.471. The number of hydrogen-bond acceptors (Lipinski definition) is 1. The van der Waals surface area contributed by atoms with E-state index in [4.69, 9.17) is 11.6 Å². The van der Waals surface area contributed by atoms with Crippen molar-refractivity contribution in [2.24, 2.45) is 4.99 Å². The summed E-state index contributed by atoms with van der Waals surface area (Å²) in [7, 11) is 1.90. The molecular formula is C18H19ClF2N2. The molecule has 0 N–H and O–H groups in total. The van der Waals surface area contributed by atoms with Gasteiger partial charge in [-0.3, -0.25) is 0 Å². The Bertz CT molecular complexity index is 729. The third-order valence-corrected chi connectivity index (χ3v) is 4.03. The highest BCUT2D eigenvalue weighted by Gasteiger charge is 2.09. The maximum absolute atomic E-state index is 13.9. The van der Waals surface area contributed by atoms with Gasteiger partial charge >= 0.3 is 0 Å². The summed E-state index contributed by atoms with van der Waals surface area (Å²) in [5.41, 5.74) is 2.97. The summed E-state index contributed by atoms with van der Waals surface area (Å²) in [6, 6.07) is 7.49. The van der Waals surface area contributed by atoms with Gasteiger partial charge in [0, 0.05) is 13.6 Å². The fourth-order valence-electron chi connectivity index (χ4n) is 2.15. The third kappa shape index (κ3) is 4.52. The van der Waals surface area contributed by atoms with Gasteiger partial charge in [-0.2, -0.15) is 0 Å². The number of nitrogens with zero attached hydrogens (tertiary/aromatic N) is 2. The second-order valence-electron chi connectivity index (χ2n) is 5.45. The number of benzene rings is 2. The number of rotatable bonds is 5. The zero-order valence-electron chi connectivity index (χ0n) is 13.4. The Morgan fingerprint density at radius 3 is 2.61 bits per heavy atom. The van der Waals surface area contributed by atoms with E-state index in [0.717, 1.165) is 23.2 Å². The van der Waals surface area contributed by atoms with E-state index < -0.39 is 5.82 Å². The lowest BCUT2D eigenvalue weighted by atomic mass is 9.99. The molecule has 0 spiro atoms. The Kier molecular flexibility index (Phi) is 5.72. The first-order chi connectivity index (χ1) is 10.9. The van der Waals surface area contributed by atoms with E-state index in [0.29, 0.717) is 12.1 Å². The molecule has 0 amide bonds. The Morgan fingerprint density at radius 1 is 1.22 bits per heavy atom. The lowest BCUT2D eigenvalue weighted by Crippen LogP contribution is -2.14. The topological polar surface area (TPSA) is 15.6 Å². The Balaban J connectivity index is 2.33. The molecule has 0 fully saturated rings. The zero-order chi connectivity index (χ0) is 17.0. The van der Waals surface area contributed by atoms with Crippen LogP contribution in [0.1, 0.15) is 23.6 Å². The molecule has 122 valence electrons. The fraction of sp³-hybridized carbons (Fsp3) is 0.278. The Hall–Kier alpha value is -1.94. The van der Waals surface area contributed by atoms with Gasteiger partial charge in [0.2, 0.25) is 0 Å². The minimum Gasteiger partial charge on any atom is -0.366 e. The van der Waals surface area contributed by atoms with E-state index in [1.807, 2.05) is 25.8 Å². The standard InChI is InChI=1S/C18H19ClF2N2/c1-4-23(3)11-22-18-10-15(20)9-14(12(18)2)7-13-5-6-16(19)17(21)8-13/h5-6,8-11H,4,7H2,1-3H3/b22-11-. The van der Waals surface area contributed by atoms with Crippen LogP contribution >= 0.6 is 11.6 Å². The summed E-state index contributed by atoms with van der Waals surface area (Å²) >= 11 is 5.69. The van der Waals surface area contributed by atoms with Crippen LogP contribution < -0.4 is 0 Å². The summed E-state index contributed by atoms with van der Waals surface area (Å²) in [6.45, 7) is 4.71. The molecule has 0 bridgehead atoms. The lowest BCUT2D eigenvalue weighted by Gasteiger charge is -2.12. The van der Waals surface area contributed by atoms with Crippen LogP contribution in [0.5, 0.6) is 0 Å². The molecule has 2 rings (SSSR count). The smallest absolute Gasteiger partial charge is 0.142 e. The normalized spacial score (nSPS) is 11.2. The highest BCUT2D eigenvalue weighted by atomic mass is 35.5. The van der Waals surface area contributed by atoms with Crippen LogP contribution in [-0.2, 0) is 6.42 Å². The van der Waals surface area contributed by atoms with E-state index >= 15 is 0 Å². The van der Waals surface area contributed by atoms with Crippen molar-refractivity contribution >= 4 is 23.6 Å². The van der Waals surface area contributed by atoms with E-state index in [1.165, 1.54) is 24.3 Å². The van der Waals surface area contributed by atoms with Gasteiger partial charge in [0.25, 0.3) is 0 Å². The second kappa shape index (κ2) is 7.55. The van der Waals surface area contributed by atoms with Crippen molar-refractivity contribution in [2.45, 2.75) is 20.3 Å². The summed E-state index contributed by atoms with van der Waals surface area (Å²) < 4.78 is 27.4. The molecule has 0 heterocycles. The molecule has 0 atom stereocenters. The molecule has 0 aliphatic rings. The molecule has 0 aliphatic heterocycles. The van der Waals surface area contributed by atoms with Gasteiger partial charge in [-0.05, 0) is 61.2 Å². The molecule has 0 saturated heterocycles. The molecule has 23 heavy (non-hydrogen) atoms. The molecule has 0 radical (unpaired) electrons. The van der Waals surface area contributed by atoms with Crippen molar-refractivity contribution in [3.05, 3.63) is 63.7 Å². The molecule has 0 saturated carbocycles.